The van der Waals surface area contributed by atoms with Gasteiger partial charge in [0.1, 0.15) is 23.5 Å². The zero-order chi connectivity index (χ0) is 27.8. The van der Waals surface area contributed by atoms with Crippen LogP contribution in [0.4, 0.5) is 39.5 Å². The lowest BCUT2D eigenvalue weighted by Crippen LogP contribution is -2.50. The smallest absolute Gasteiger partial charge is 0.429 e. The van der Waals surface area contributed by atoms with Crippen molar-refractivity contribution in [1.82, 2.24) is 0 Å². The van der Waals surface area contributed by atoms with Gasteiger partial charge in [0.05, 0.1) is 18.8 Å². The fourth-order valence-electron chi connectivity index (χ4n) is 3.59. The molecule has 1 aliphatic heterocycles. The monoisotopic (exact) mass is 552 g/mol. The van der Waals surface area contributed by atoms with Crippen LogP contribution in [0, 0.1) is 36.0 Å². The van der Waals surface area contributed by atoms with Crippen molar-refractivity contribution in [2.24, 2.45) is 0 Å². The molecule has 0 amide bonds. The Kier molecular flexibility index (Phi) is 7.64. The Morgan fingerprint density at radius 3 is 1.97 bits per heavy atom. The van der Waals surface area contributed by atoms with Gasteiger partial charge in [-0.15, -0.1) is 0 Å². The van der Waals surface area contributed by atoms with Crippen LogP contribution in [0.15, 0.2) is 48.5 Å². The van der Waals surface area contributed by atoms with E-state index in [0.717, 1.165) is 6.07 Å². The second-order valence-electron chi connectivity index (χ2n) is 8.30. The molecule has 0 aliphatic carbocycles. The van der Waals surface area contributed by atoms with Crippen LogP contribution in [0.1, 0.15) is 11.1 Å². The second-order valence-corrected chi connectivity index (χ2v) is 8.30. The number of aryl methyl sites for hydroxylation is 1. The van der Waals surface area contributed by atoms with E-state index in [9.17, 15) is 39.5 Å². The normalized spacial score (nSPS) is 18.5. The molecule has 3 aromatic carbocycles. The Hall–Kier alpha value is -3.29. The highest BCUT2D eigenvalue weighted by Gasteiger charge is 2.49. The van der Waals surface area contributed by atoms with E-state index in [1.165, 1.54) is 12.1 Å². The topological polar surface area (TPSA) is 36.9 Å². The van der Waals surface area contributed by atoms with Crippen LogP contribution in [-0.2, 0) is 20.3 Å². The number of rotatable bonds is 7. The molecule has 1 fully saturated rings. The Labute approximate surface area is 209 Å². The molecule has 13 heteroatoms. The van der Waals surface area contributed by atoms with Crippen molar-refractivity contribution in [3.05, 3.63) is 88.7 Å². The molecule has 0 N–H and O–H groups in total. The molecule has 4 nitrogen and oxygen atoms in total. The molecule has 0 atom stereocenters. The molecule has 0 aromatic heterocycles. The van der Waals surface area contributed by atoms with Crippen molar-refractivity contribution in [1.29, 1.82) is 0 Å². The van der Waals surface area contributed by atoms with E-state index in [4.69, 9.17) is 0 Å². The zero-order valence-corrected chi connectivity index (χ0v) is 19.2. The van der Waals surface area contributed by atoms with Gasteiger partial charge in [-0.05, 0) is 36.2 Å². The molecular formula is C25H17F9O4. The number of ether oxygens (including phenoxy) is 4. The van der Waals surface area contributed by atoms with E-state index in [-0.39, 0.29) is 23.3 Å². The maximum atomic E-state index is 14.7. The van der Waals surface area contributed by atoms with Gasteiger partial charge in [0.25, 0.3) is 6.29 Å². The average Bonchev–Trinajstić information content (AvgIpc) is 2.82. The molecule has 1 aliphatic rings. The predicted molar refractivity (Wildman–Crippen MR) is 113 cm³/mol. The lowest BCUT2D eigenvalue weighted by molar-refractivity contribution is -0.377. The molecule has 0 radical (unpaired) electrons. The summed E-state index contributed by atoms with van der Waals surface area (Å²) in [5.41, 5.74) is -0.621. The minimum Gasteiger partial charge on any atom is -0.429 e. The van der Waals surface area contributed by atoms with Crippen LogP contribution in [-0.4, -0.2) is 31.7 Å². The molecule has 4 rings (SSSR count). The minimum absolute atomic E-state index is 0.00475. The quantitative estimate of drug-likeness (QED) is 0.238. The predicted octanol–water partition coefficient (Wildman–Crippen LogP) is 6.84. The SMILES string of the molecule is Cc1ccc(-c2ccc(C(F)(F)OC3COC(C(F)(F)Oc4cc(F)c(F)c(F)c4)OC3)c(F)c2)c(F)c1. The molecule has 0 unspecified atom stereocenters. The summed E-state index contributed by atoms with van der Waals surface area (Å²) < 4.78 is 144. The van der Waals surface area contributed by atoms with E-state index in [1.54, 1.807) is 13.0 Å². The van der Waals surface area contributed by atoms with Crippen LogP contribution in [0.3, 0.4) is 0 Å². The van der Waals surface area contributed by atoms with E-state index >= 15 is 0 Å². The third-order valence-electron chi connectivity index (χ3n) is 5.39. The summed E-state index contributed by atoms with van der Waals surface area (Å²) in [6.45, 7) is -0.142. The van der Waals surface area contributed by atoms with E-state index in [2.05, 4.69) is 18.9 Å². The fourth-order valence-corrected chi connectivity index (χ4v) is 3.59. The first kappa shape index (κ1) is 27.7. The summed E-state index contributed by atoms with van der Waals surface area (Å²) in [6, 6.07) is 6.89. The summed E-state index contributed by atoms with van der Waals surface area (Å²) in [4.78, 5) is 0. The van der Waals surface area contributed by atoms with Gasteiger partial charge < -0.3 is 18.9 Å². The van der Waals surface area contributed by atoms with Crippen LogP contribution < -0.4 is 4.74 Å². The van der Waals surface area contributed by atoms with Crippen LogP contribution >= 0.6 is 0 Å². The molecule has 0 spiro atoms. The summed E-state index contributed by atoms with van der Waals surface area (Å²) in [5.74, 6) is -8.67. The van der Waals surface area contributed by atoms with Crippen molar-refractivity contribution in [2.45, 2.75) is 31.5 Å². The van der Waals surface area contributed by atoms with Crippen LogP contribution in [0.5, 0.6) is 5.75 Å². The molecule has 38 heavy (non-hydrogen) atoms. The third kappa shape index (κ3) is 5.89. The largest absolute Gasteiger partial charge is 0.451 e. The highest BCUT2D eigenvalue weighted by atomic mass is 19.3. The van der Waals surface area contributed by atoms with E-state index < -0.39 is 78.2 Å². The highest BCUT2D eigenvalue weighted by molar-refractivity contribution is 5.65. The molecule has 3 aromatic rings. The summed E-state index contributed by atoms with van der Waals surface area (Å²) in [7, 11) is 0. The first-order chi connectivity index (χ1) is 17.8. The molecule has 0 bridgehead atoms. The van der Waals surface area contributed by atoms with Crippen molar-refractivity contribution < 1.29 is 58.5 Å². The van der Waals surface area contributed by atoms with Crippen molar-refractivity contribution in [2.75, 3.05) is 13.2 Å². The van der Waals surface area contributed by atoms with Gasteiger partial charge in [0.2, 0.25) is 0 Å². The van der Waals surface area contributed by atoms with Gasteiger partial charge in [-0.2, -0.15) is 17.6 Å². The van der Waals surface area contributed by atoms with Gasteiger partial charge in [-0.3, -0.25) is 0 Å². The number of halogens is 9. The first-order valence-electron chi connectivity index (χ1n) is 10.8. The maximum absolute atomic E-state index is 14.7. The Morgan fingerprint density at radius 2 is 1.39 bits per heavy atom. The van der Waals surface area contributed by atoms with Gasteiger partial charge in [-0.25, -0.2) is 22.0 Å². The standard InChI is InChI=1S/C25H17F9O4/c1-12-2-4-16(18(26)6-12)13-3-5-17(19(27)7-13)24(31,32)38-15-10-35-23(36-11-15)25(33,34)37-14-8-20(28)22(30)21(29)9-14/h2-9,15,23H,10-11H2,1H3. The van der Waals surface area contributed by atoms with Gasteiger partial charge >= 0.3 is 12.2 Å². The fraction of sp³-hybridized carbons (Fsp3) is 0.280. The van der Waals surface area contributed by atoms with Gasteiger partial charge in [0.15, 0.2) is 17.5 Å². The number of hydrogen-bond acceptors (Lipinski definition) is 4. The molecular weight excluding hydrogens is 535 g/mol. The highest BCUT2D eigenvalue weighted by Crippen LogP contribution is 2.37. The Balaban J connectivity index is 1.40. The Bertz CT molecular complexity index is 1300. The number of alkyl halides is 4. The molecule has 204 valence electrons. The number of benzene rings is 3. The second kappa shape index (κ2) is 10.5. The molecule has 1 saturated heterocycles. The zero-order valence-electron chi connectivity index (χ0n) is 19.2. The van der Waals surface area contributed by atoms with E-state index in [0.29, 0.717) is 17.7 Å². The van der Waals surface area contributed by atoms with Gasteiger partial charge in [0, 0.05) is 17.7 Å². The van der Waals surface area contributed by atoms with Crippen LogP contribution in [0.25, 0.3) is 11.1 Å². The molecule has 1 heterocycles. The minimum atomic E-state index is -4.38. The number of hydrogen-bond donors (Lipinski definition) is 0. The van der Waals surface area contributed by atoms with Crippen LogP contribution in [0.2, 0.25) is 0 Å². The maximum Gasteiger partial charge on any atom is 0.451 e. The van der Waals surface area contributed by atoms with Crippen molar-refractivity contribution in [3.8, 4) is 16.9 Å². The summed E-state index contributed by atoms with van der Waals surface area (Å²) in [6.07, 6.45) is -12.8. The Morgan fingerprint density at radius 1 is 0.763 bits per heavy atom. The third-order valence-corrected chi connectivity index (χ3v) is 5.39. The van der Waals surface area contributed by atoms with Crippen molar-refractivity contribution >= 4 is 0 Å². The van der Waals surface area contributed by atoms with Gasteiger partial charge in [-0.1, -0.05) is 18.2 Å². The first-order valence-corrected chi connectivity index (χ1v) is 10.8. The lowest BCUT2D eigenvalue weighted by Gasteiger charge is -2.34. The molecule has 0 saturated carbocycles. The average molecular weight is 552 g/mol. The van der Waals surface area contributed by atoms with E-state index in [1.807, 2.05) is 0 Å². The summed E-state index contributed by atoms with van der Waals surface area (Å²) >= 11 is 0. The summed E-state index contributed by atoms with van der Waals surface area (Å²) in [5, 5.41) is 0. The lowest BCUT2D eigenvalue weighted by atomic mass is 10.0. The van der Waals surface area contributed by atoms with Crippen molar-refractivity contribution in [3.63, 3.8) is 0 Å².